The van der Waals surface area contributed by atoms with E-state index in [4.69, 9.17) is 0 Å². The van der Waals surface area contributed by atoms with Gasteiger partial charge in [-0.3, -0.25) is 4.79 Å². The third-order valence-corrected chi connectivity index (χ3v) is 5.91. The van der Waals surface area contributed by atoms with E-state index in [-0.39, 0.29) is 5.91 Å². The zero-order valence-corrected chi connectivity index (χ0v) is 15.9. The Bertz CT molecular complexity index is 1130. The van der Waals surface area contributed by atoms with Gasteiger partial charge in [-0.1, -0.05) is 48.5 Å². The predicted octanol–water partition coefficient (Wildman–Crippen LogP) is 6.32. The second kappa shape index (κ2) is 6.98. The number of hydrogen-bond donors (Lipinski definition) is 1. The molecule has 1 amide bonds. The molecule has 2 heterocycles. The van der Waals surface area contributed by atoms with E-state index in [1.807, 2.05) is 71.6 Å². The number of nitrogens with zero attached hydrogens (tertiary/aromatic N) is 1. The number of para-hydroxylation sites is 3. The third-order valence-electron chi connectivity index (χ3n) is 4.99. The number of benzene rings is 3. The van der Waals surface area contributed by atoms with Gasteiger partial charge in [-0.25, -0.2) is 0 Å². The first-order chi connectivity index (χ1) is 13.8. The monoisotopic (exact) mass is 382 g/mol. The van der Waals surface area contributed by atoms with Gasteiger partial charge in [-0.2, -0.15) is 0 Å². The van der Waals surface area contributed by atoms with Crippen LogP contribution in [0.5, 0.6) is 0 Å². The van der Waals surface area contributed by atoms with Gasteiger partial charge in [0.15, 0.2) is 0 Å². The van der Waals surface area contributed by atoms with E-state index in [0.717, 1.165) is 28.2 Å². The molecular weight excluding hydrogens is 364 g/mol. The summed E-state index contributed by atoms with van der Waals surface area (Å²) in [5.74, 6) is 0.00341. The SMILES string of the molecule is O=C(c1ccc(-c2cccs2)cc1)N1Cc2ccccc2Nc2ccccc21. The second-order valence-corrected chi connectivity index (χ2v) is 7.69. The predicted molar refractivity (Wildman–Crippen MR) is 116 cm³/mol. The summed E-state index contributed by atoms with van der Waals surface area (Å²) >= 11 is 1.70. The minimum atomic E-state index is 0.00341. The Labute approximate surface area is 167 Å². The first-order valence-corrected chi connectivity index (χ1v) is 10.1. The van der Waals surface area contributed by atoms with Crippen LogP contribution in [0.1, 0.15) is 15.9 Å². The van der Waals surface area contributed by atoms with Crippen molar-refractivity contribution >= 4 is 34.3 Å². The van der Waals surface area contributed by atoms with Crippen LogP contribution in [-0.2, 0) is 6.54 Å². The fourth-order valence-electron chi connectivity index (χ4n) is 3.55. The fraction of sp³-hybridized carbons (Fsp3) is 0.0417. The van der Waals surface area contributed by atoms with Crippen LogP contribution in [0.15, 0.2) is 90.3 Å². The van der Waals surface area contributed by atoms with Crippen molar-refractivity contribution in [3.63, 3.8) is 0 Å². The number of nitrogens with one attached hydrogen (secondary N) is 1. The van der Waals surface area contributed by atoms with E-state index in [2.05, 4.69) is 28.9 Å². The van der Waals surface area contributed by atoms with Crippen LogP contribution in [0.25, 0.3) is 10.4 Å². The number of rotatable bonds is 2. The molecule has 0 fully saturated rings. The molecule has 1 aliphatic rings. The second-order valence-electron chi connectivity index (χ2n) is 6.75. The molecule has 4 heteroatoms. The summed E-state index contributed by atoms with van der Waals surface area (Å²) in [7, 11) is 0. The van der Waals surface area contributed by atoms with Gasteiger partial charge in [0.1, 0.15) is 0 Å². The number of carbonyl (C=O) groups is 1. The zero-order valence-electron chi connectivity index (χ0n) is 15.1. The highest BCUT2D eigenvalue weighted by atomic mass is 32.1. The van der Waals surface area contributed by atoms with E-state index < -0.39 is 0 Å². The third kappa shape index (κ3) is 2.98. The van der Waals surface area contributed by atoms with Crippen LogP contribution >= 0.6 is 11.3 Å². The molecule has 0 saturated heterocycles. The van der Waals surface area contributed by atoms with E-state index in [1.165, 1.54) is 4.88 Å². The standard InChI is InChI=1S/C24H18N2OS/c27-24(18-13-11-17(12-14-18)23-10-5-15-28-23)26-16-19-6-1-2-7-20(19)25-21-8-3-4-9-22(21)26/h1-15,25H,16H2. The average Bonchev–Trinajstić information content (AvgIpc) is 3.22. The zero-order chi connectivity index (χ0) is 18.9. The van der Waals surface area contributed by atoms with Crippen molar-refractivity contribution < 1.29 is 4.79 Å². The van der Waals surface area contributed by atoms with Gasteiger partial charge in [-0.05, 0) is 52.9 Å². The lowest BCUT2D eigenvalue weighted by Gasteiger charge is -2.23. The molecule has 3 nitrogen and oxygen atoms in total. The molecule has 1 N–H and O–H groups in total. The van der Waals surface area contributed by atoms with Crippen LogP contribution in [0.2, 0.25) is 0 Å². The molecule has 0 aliphatic carbocycles. The quantitative estimate of drug-likeness (QED) is 0.440. The topological polar surface area (TPSA) is 32.3 Å². The summed E-state index contributed by atoms with van der Waals surface area (Å²) in [5.41, 5.74) is 5.80. The Morgan fingerprint density at radius 2 is 1.57 bits per heavy atom. The Morgan fingerprint density at radius 3 is 2.36 bits per heavy atom. The number of carbonyl (C=O) groups excluding carboxylic acids is 1. The molecule has 0 unspecified atom stereocenters. The summed E-state index contributed by atoms with van der Waals surface area (Å²) in [6, 6.07) is 28.1. The van der Waals surface area contributed by atoms with Gasteiger partial charge in [0, 0.05) is 16.1 Å². The summed E-state index contributed by atoms with van der Waals surface area (Å²) in [6.45, 7) is 0.533. The first-order valence-electron chi connectivity index (χ1n) is 9.19. The van der Waals surface area contributed by atoms with Gasteiger partial charge in [0.25, 0.3) is 5.91 Å². The lowest BCUT2D eigenvalue weighted by atomic mass is 10.1. The van der Waals surface area contributed by atoms with E-state index in [9.17, 15) is 4.79 Å². The van der Waals surface area contributed by atoms with Gasteiger partial charge in [0.05, 0.1) is 17.9 Å². The molecule has 0 saturated carbocycles. The summed E-state index contributed by atoms with van der Waals surface area (Å²) in [5, 5.41) is 5.54. The lowest BCUT2D eigenvalue weighted by molar-refractivity contribution is 0.0985. The lowest BCUT2D eigenvalue weighted by Crippen LogP contribution is -2.30. The van der Waals surface area contributed by atoms with Crippen LogP contribution in [-0.4, -0.2) is 5.91 Å². The van der Waals surface area contributed by atoms with Crippen molar-refractivity contribution in [2.45, 2.75) is 6.54 Å². The minimum Gasteiger partial charge on any atom is -0.354 e. The molecule has 0 spiro atoms. The number of hydrogen-bond acceptors (Lipinski definition) is 3. The Morgan fingerprint density at radius 1 is 0.821 bits per heavy atom. The van der Waals surface area contributed by atoms with Crippen molar-refractivity contribution in [1.82, 2.24) is 0 Å². The maximum absolute atomic E-state index is 13.4. The average molecular weight is 382 g/mol. The highest BCUT2D eigenvalue weighted by Crippen LogP contribution is 2.36. The minimum absolute atomic E-state index is 0.00341. The molecule has 3 aromatic carbocycles. The Hall–Kier alpha value is -3.37. The Kier molecular flexibility index (Phi) is 4.18. The van der Waals surface area contributed by atoms with Crippen molar-refractivity contribution in [3.05, 3.63) is 101 Å². The molecular formula is C24H18N2OS. The fourth-order valence-corrected chi connectivity index (χ4v) is 4.29. The highest BCUT2D eigenvalue weighted by Gasteiger charge is 2.24. The molecule has 0 bridgehead atoms. The summed E-state index contributed by atoms with van der Waals surface area (Å²) < 4.78 is 0. The Balaban J connectivity index is 1.53. The van der Waals surface area contributed by atoms with Gasteiger partial charge < -0.3 is 10.2 Å². The van der Waals surface area contributed by atoms with Crippen LogP contribution in [0, 0.1) is 0 Å². The van der Waals surface area contributed by atoms with Gasteiger partial charge >= 0.3 is 0 Å². The van der Waals surface area contributed by atoms with E-state index >= 15 is 0 Å². The molecule has 0 radical (unpaired) electrons. The number of thiophene rings is 1. The first kappa shape index (κ1) is 16.8. The maximum atomic E-state index is 13.4. The molecule has 28 heavy (non-hydrogen) atoms. The van der Waals surface area contributed by atoms with Crippen molar-refractivity contribution in [1.29, 1.82) is 0 Å². The number of amides is 1. The number of fused-ring (bicyclic) bond motifs is 2. The van der Waals surface area contributed by atoms with E-state index in [1.54, 1.807) is 11.3 Å². The summed E-state index contributed by atoms with van der Waals surface area (Å²) in [6.07, 6.45) is 0. The van der Waals surface area contributed by atoms with Gasteiger partial charge in [-0.15, -0.1) is 11.3 Å². The van der Waals surface area contributed by atoms with Crippen molar-refractivity contribution in [2.24, 2.45) is 0 Å². The normalized spacial score (nSPS) is 12.5. The highest BCUT2D eigenvalue weighted by molar-refractivity contribution is 7.13. The molecule has 136 valence electrons. The molecule has 0 atom stereocenters. The molecule has 1 aliphatic heterocycles. The van der Waals surface area contributed by atoms with Crippen molar-refractivity contribution in [3.8, 4) is 10.4 Å². The number of anilines is 3. The largest absolute Gasteiger partial charge is 0.354 e. The van der Waals surface area contributed by atoms with Crippen LogP contribution in [0.3, 0.4) is 0 Å². The molecule has 1 aromatic heterocycles. The van der Waals surface area contributed by atoms with Crippen molar-refractivity contribution in [2.75, 3.05) is 10.2 Å². The summed E-state index contributed by atoms with van der Waals surface area (Å²) in [4.78, 5) is 16.5. The molecule has 4 aromatic rings. The van der Waals surface area contributed by atoms with Crippen LogP contribution < -0.4 is 10.2 Å². The smallest absolute Gasteiger partial charge is 0.258 e. The maximum Gasteiger partial charge on any atom is 0.258 e. The van der Waals surface area contributed by atoms with E-state index in [0.29, 0.717) is 12.1 Å². The van der Waals surface area contributed by atoms with Crippen LogP contribution in [0.4, 0.5) is 17.1 Å². The molecule has 5 rings (SSSR count). The van der Waals surface area contributed by atoms with Gasteiger partial charge in [0.2, 0.25) is 0 Å².